The van der Waals surface area contributed by atoms with E-state index in [9.17, 15) is 14.7 Å². The minimum Gasteiger partial charge on any atom is -0.388 e. The Balaban J connectivity index is 2.44. The summed E-state index contributed by atoms with van der Waals surface area (Å²) >= 11 is 0. The summed E-state index contributed by atoms with van der Waals surface area (Å²) in [5, 5.41) is 15.4. The molecule has 116 valence electrons. The van der Waals surface area contributed by atoms with E-state index in [4.69, 9.17) is 0 Å². The molecule has 3 atom stereocenters. The van der Waals surface area contributed by atoms with Crippen LogP contribution in [-0.4, -0.2) is 29.0 Å². The van der Waals surface area contributed by atoms with Gasteiger partial charge in [0.05, 0.1) is 12.5 Å². The number of amides is 2. The predicted molar refractivity (Wildman–Crippen MR) is 81.5 cm³/mol. The third-order valence-corrected chi connectivity index (χ3v) is 3.33. The van der Waals surface area contributed by atoms with Crippen LogP contribution in [0.3, 0.4) is 0 Å². The highest BCUT2D eigenvalue weighted by molar-refractivity contribution is 5.87. The molecule has 3 unspecified atom stereocenters. The predicted octanol–water partition coefficient (Wildman–Crippen LogP) is 1.53. The molecule has 21 heavy (non-hydrogen) atoms. The monoisotopic (exact) mass is 292 g/mol. The van der Waals surface area contributed by atoms with Crippen molar-refractivity contribution in [2.45, 2.75) is 51.8 Å². The molecule has 0 aromatic heterocycles. The number of benzene rings is 1. The highest BCUT2D eigenvalue weighted by Crippen LogP contribution is 2.15. The molecule has 0 aliphatic rings. The number of rotatable bonds is 7. The van der Waals surface area contributed by atoms with Gasteiger partial charge in [0.15, 0.2) is 0 Å². The molecule has 1 aromatic carbocycles. The van der Waals surface area contributed by atoms with Crippen molar-refractivity contribution in [3.05, 3.63) is 35.9 Å². The molecule has 5 nitrogen and oxygen atoms in total. The van der Waals surface area contributed by atoms with Gasteiger partial charge >= 0.3 is 0 Å². The molecular formula is C16H24N2O3. The maximum Gasteiger partial charge on any atom is 0.242 e. The van der Waals surface area contributed by atoms with Crippen molar-refractivity contribution in [1.82, 2.24) is 10.6 Å². The fourth-order valence-electron chi connectivity index (χ4n) is 1.80. The normalized spacial score (nSPS) is 14.9. The lowest BCUT2D eigenvalue weighted by molar-refractivity contribution is -0.130. The van der Waals surface area contributed by atoms with Crippen LogP contribution in [0.2, 0.25) is 0 Å². The van der Waals surface area contributed by atoms with Crippen LogP contribution in [0, 0.1) is 0 Å². The molecule has 0 fully saturated rings. The minimum absolute atomic E-state index is 0.0645. The number of aliphatic hydroxyl groups is 1. The Hall–Kier alpha value is -1.88. The van der Waals surface area contributed by atoms with E-state index in [0.717, 1.165) is 6.42 Å². The largest absolute Gasteiger partial charge is 0.388 e. The third-order valence-electron chi connectivity index (χ3n) is 3.33. The van der Waals surface area contributed by atoms with Crippen LogP contribution in [0.25, 0.3) is 0 Å². The Kier molecular flexibility index (Phi) is 6.88. The summed E-state index contributed by atoms with van der Waals surface area (Å²) in [4.78, 5) is 23.7. The molecule has 0 aliphatic heterocycles. The standard InChI is InChI=1S/C16H24N2O3/c1-4-11(2)17-16(21)12(3)18-15(20)10-14(19)13-8-6-5-7-9-13/h5-9,11-12,14,19H,4,10H2,1-3H3,(H,17,21)(H,18,20). The Morgan fingerprint density at radius 1 is 1.14 bits per heavy atom. The van der Waals surface area contributed by atoms with Crippen LogP contribution in [-0.2, 0) is 9.59 Å². The number of hydrogen-bond acceptors (Lipinski definition) is 3. The first-order valence-corrected chi connectivity index (χ1v) is 7.26. The first-order chi connectivity index (χ1) is 9.93. The molecule has 0 saturated heterocycles. The summed E-state index contributed by atoms with van der Waals surface area (Å²) in [7, 11) is 0. The lowest BCUT2D eigenvalue weighted by atomic mass is 10.1. The van der Waals surface area contributed by atoms with E-state index in [2.05, 4.69) is 10.6 Å². The summed E-state index contributed by atoms with van der Waals surface area (Å²) in [6, 6.07) is 8.43. The van der Waals surface area contributed by atoms with Crippen molar-refractivity contribution in [3.8, 4) is 0 Å². The molecule has 5 heteroatoms. The van der Waals surface area contributed by atoms with E-state index in [1.54, 1.807) is 31.2 Å². The Morgan fingerprint density at radius 2 is 1.76 bits per heavy atom. The number of carbonyl (C=O) groups excluding carboxylic acids is 2. The van der Waals surface area contributed by atoms with Crippen molar-refractivity contribution in [2.24, 2.45) is 0 Å². The Labute approximate surface area is 125 Å². The highest BCUT2D eigenvalue weighted by atomic mass is 16.3. The van der Waals surface area contributed by atoms with Crippen molar-refractivity contribution in [3.63, 3.8) is 0 Å². The van der Waals surface area contributed by atoms with Crippen LogP contribution in [0.4, 0.5) is 0 Å². The van der Waals surface area contributed by atoms with Gasteiger partial charge < -0.3 is 15.7 Å². The summed E-state index contributed by atoms with van der Waals surface area (Å²) in [6.07, 6.45) is -0.0968. The number of carbonyl (C=O) groups is 2. The van der Waals surface area contributed by atoms with Gasteiger partial charge in [0, 0.05) is 6.04 Å². The first kappa shape index (κ1) is 17.2. The first-order valence-electron chi connectivity index (χ1n) is 7.26. The van der Waals surface area contributed by atoms with E-state index >= 15 is 0 Å². The van der Waals surface area contributed by atoms with Crippen molar-refractivity contribution in [1.29, 1.82) is 0 Å². The highest BCUT2D eigenvalue weighted by Gasteiger charge is 2.19. The molecular weight excluding hydrogens is 268 g/mol. The second-order valence-corrected chi connectivity index (χ2v) is 5.24. The van der Waals surface area contributed by atoms with Gasteiger partial charge in [-0.25, -0.2) is 0 Å². The van der Waals surface area contributed by atoms with E-state index in [0.29, 0.717) is 5.56 Å². The van der Waals surface area contributed by atoms with E-state index in [1.807, 2.05) is 19.9 Å². The lowest BCUT2D eigenvalue weighted by Gasteiger charge is -2.18. The Bertz CT molecular complexity index is 462. The van der Waals surface area contributed by atoms with E-state index in [-0.39, 0.29) is 24.3 Å². The fraction of sp³-hybridized carbons (Fsp3) is 0.500. The zero-order chi connectivity index (χ0) is 15.8. The van der Waals surface area contributed by atoms with Crippen LogP contribution >= 0.6 is 0 Å². The molecule has 3 N–H and O–H groups in total. The fourth-order valence-corrected chi connectivity index (χ4v) is 1.80. The van der Waals surface area contributed by atoms with E-state index < -0.39 is 12.1 Å². The minimum atomic E-state index is -0.865. The average molecular weight is 292 g/mol. The van der Waals surface area contributed by atoms with Crippen LogP contribution in [0.1, 0.15) is 45.3 Å². The van der Waals surface area contributed by atoms with Crippen LogP contribution in [0.5, 0.6) is 0 Å². The molecule has 0 radical (unpaired) electrons. The van der Waals surface area contributed by atoms with Crippen LogP contribution in [0.15, 0.2) is 30.3 Å². The van der Waals surface area contributed by atoms with Gasteiger partial charge in [-0.1, -0.05) is 37.3 Å². The summed E-state index contributed by atoms with van der Waals surface area (Å²) in [6.45, 7) is 5.51. The summed E-state index contributed by atoms with van der Waals surface area (Å²) in [5.41, 5.74) is 0.685. The summed E-state index contributed by atoms with van der Waals surface area (Å²) in [5.74, 6) is -0.565. The molecule has 1 rings (SSSR count). The second-order valence-electron chi connectivity index (χ2n) is 5.24. The third kappa shape index (κ3) is 5.95. The molecule has 1 aromatic rings. The lowest BCUT2D eigenvalue weighted by Crippen LogP contribution is -2.47. The van der Waals surface area contributed by atoms with Crippen LogP contribution < -0.4 is 10.6 Å². The molecule has 0 heterocycles. The van der Waals surface area contributed by atoms with Gasteiger partial charge in [0.25, 0.3) is 0 Å². The SMILES string of the molecule is CCC(C)NC(=O)C(C)NC(=O)CC(O)c1ccccc1. The maximum absolute atomic E-state index is 11.8. The number of aliphatic hydroxyl groups excluding tert-OH is 1. The van der Waals surface area contributed by atoms with E-state index in [1.165, 1.54) is 0 Å². The molecule has 0 saturated carbocycles. The number of nitrogens with one attached hydrogen (secondary N) is 2. The van der Waals surface area contributed by atoms with Gasteiger partial charge in [-0.15, -0.1) is 0 Å². The molecule has 0 aliphatic carbocycles. The van der Waals surface area contributed by atoms with Crippen molar-refractivity contribution in [2.75, 3.05) is 0 Å². The van der Waals surface area contributed by atoms with Gasteiger partial charge in [-0.2, -0.15) is 0 Å². The summed E-state index contributed by atoms with van der Waals surface area (Å²) < 4.78 is 0. The molecule has 0 spiro atoms. The zero-order valence-electron chi connectivity index (χ0n) is 12.8. The van der Waals surface area contributed by atoms with Crippen molar-refractivity contribution < 1.29 is 14.7 Å². The second kappa shape index (κ2) is 8.42. The zero-order valence-corrected chi connectivity index (χ0v) is 12.8. The van der Waals surface area contributed by atoms with Gasteiger partial charge in [-0.05, 0) is 25.8 Å². The van der Waals surface area contributed by atoms with Gasteiger partial charge in [0.1, 0.15) is 6.04 Å². The average Bonchev–Trinajstić information content (AvgIpc) is 2.47. The van der Waals surface area contributed by atoms with Gasteiger partial charge in [-0.3, -0.25) is 9.59 Å². The maximum atomic E-state index is 11.8. The van der Waals surface area contributed by atoms with Crippen molar-refractivity contribution >= 4 is 11.8 Å². The molecule has 0 bridgehead atoms. The topological polar surface area (TPSA) is 78.4 Å². The van der Waals surface area contributed by atoms with Gasteiger partial charge in [0.2, 0.25) is 11.8 Å². The Morgan fingerprint density at radius 3 is 2.33 bits per heavy atom. The molecule has 2 amide bonds. The quantitative estimate of drug-likeness (QED) is 0.713. The smallest absolute Gasteiger partial charge is 0.242 e. The number of hydrogen-bond donors (Lipinski definition) is 3.